The number of anilines is 4. The Kier molecular flexibility index (Phi) is 12.2. The summed E-state index contributed by atoms with van der Waals surface area (Å²) in [6.07, 6.45) is 0. The fraction of sp³-hybridized carbons (Fsp3) is 0.234. The minimum atomic E-state index is -4.27. The molecular formula is C47H49BrN4O4S2Si. The highest BCUT2D eigenvalue weighted by atomic mass is 79.9. The van der Waals surface area contributed by atoms with Gasteiger partial charge in [0.25, 0.3) is 0 Å². The molecule has 0 radical (unpaired) electrons. The van der Waals surface area contributed by atoms with Crippen LogP contribution in [-0.2, 0) is 19.7 Å². The van der Waals surface area contributed by atoms with E-state index >= 15 is 8.42 Å². The van der Waals surface area contributed by atoms with Gasteiger partial charge in [-0.1, -0.05) is 76.9 Å². The highest BCUT2D eigenvalue weighted by molar-refractivity contribution is 9.10. The summed E-state index contributed by atoms with van der Waals surface area (Å²) in [5.41, 5.74) is 11.7. The monoisotopic (exact) mass is 904 g/mol. The molecule has 2 aromatic heterocycles. The molecule has 0 unspecified atom stereocenters. The number of hydrogen-bond donors (Lipinski definition) is 0. The normalized spacial score (nSPS) is 11.9. The Hall–Kier alpha value is -5.06. The number of halogens is 1. The summed E-state index contributed by atoms with van der Waals surface area (Å²) in [6.45, 7) is 21.9. The van der Waals surface area contributed by atoms with Crippen molar-refractivity contribution in [3.8, 4) is 11.5 Å². The maximum atomic E-state index is 15.1. The molecule has 8 nitrogen and oxygen atoms in total. The van der Waals surface area contributed by atoms with Gasteiger partial charge in [0.1, 0.15) is 17.9 Å². The van der Waals surface area contributed by atoms with E-state index in [1.165, 1.54) is 0 Å². The third-order valence-corrected chi connectivity index (χ3v) is 14.7. The van der Waals surface area contributed by atoms with E-state index in [0.29, 0.717) is 22.8 Å². The van der Waals surface area contributed by atoms with E-state index in [2.05, 4.69) is 47.0 Å². The number of hydrazine groups is 1. The number of benzene rings is 4. The first-order valence-electron chi connectivity index (χ1n) is 19.2. The zero-order valence-electron chi connectivity index (χ0n) is 35.4. The Labute approximate surface area is 359 Å². The summed E-state index contributed by atoms with van der Waals surface area (Å²) in [7, 11) is -10.2. The van der Waals surface area contributed by atoms with Crippen molar-refractivity contribution in [3.05, 3.63) is 152 Å². The third-order valence-electron chi connectivity index (χ3n) is 9.70. The van der Waals surface area contributed by atoms with Gasteiger partial charge in [-0.15, -0.1) is 5.54 Å². The molecule has 2 heterocycles. The van der Waals surface area contributed by atoms with Crippen LogP contribution in [0.1, 0.15) is 50.3 Å². The lowest BCUT2D eigenvalue weighted by atomic mass is 10.0. The van der Waals surface area contributed by atoms with Gasteiger partial charge in [-0.2, -0.15) is 0 Å². The van der Waals surface area contributed by atoms with Gasteiger partial charge in [-0.05, 0) is 150 Å². The molecule has 4 aromatic carbocycles. The predicted molar refractivity (Wildman–Crippen MR) is 245 cm³/mol. The highest BCUT2D eigenvalue weighted by Crippen LogP contribution is 2.46. The van der Waals surface area contributed by atoms with Crippen molar-refractivity contribution in [2.24, 2.45) is 0 Å². The van der Waals surface area contributed by atoms with Crippen molar-refractivity contribution < 1.29 is 16.8 Å². The van der Waals surface area contributed by atoms with Crippen LogP contribution in [0, 0.1) is 66.9 Å². The summed E-state index contributed by atoms with van der Waals surface area (Å²) in [5, 5.41) is 3.51. The van der Waals surface area contributed by atoms with Crippen molar-refractivity contribution in [3.63, 3.8) is 0 Å². The molecule has 0 aliphatic rings. The van der Waals surface area contributed by atoms with Crippen LogP contribution in [0.2, 0.25) is 19.6 Å². The fourth-order valence-corrected chi connectivity index (χ4v) is 10.8. The molecule has 0 aliphatic heterocycles. The lowest BCUT2D eigenvalue weighted by molar-refractivity contribution is 0.593. The summed E-state index contributed by atoms with van der Waals surface area (Å²) >= 11 is 3.44. The quantitative estimate of drug-likeness (QED) is 0.0803. The Morgan fingerprint density at radius 1 is 0.525 bits per heavy atom. The third kappa shape index (κ3) is 9.09. The number of sulfone groups is 2. The molecule has 0 amide bonds. The number of aryl methyl sites for hydroxylation is 8. The summed E-state index contributed by atoms with van der Waals surface area (Å²) in [5.74, 6) is 3.38. The van der Waals surface area contributed by atoms with E-state index in [9.17, 15) is 8.42 Å². The SMILES string of the molecule is Cc1cc(C)c(N(c2nc(C)ccc2S(=O)(=O)c2ccc(Br)cc2)N(c2nc(C)ccc2S(=O)(=O)c2ccc(C#C[Si](C)(C)C)cc2)c2c(C)cc(C)cc2C)c(C)c1. The van der Waals surface area contributed by atoms with Crippen LogP contribution in [0.25, 0.3) is 0 Å². The average molecular weight is 906 g/mol. The van der Waals surface area contributed by atoms with Crippen LogP contribution in [0.3, 0.4) is 0 Å². The number of nitrogens with zero attached hydrogens (tertiary/aromatic N) is 4. The zero-order chi connectivity index (χ0) is 43.2. The van der Waals surface area contributed by atoms with Crippen LogP contribution < -0.4 is 10.0 Å². The summed E-state index contributed by atoms with van der Waals surface area (Å²) in [6, 6.07) is 27.7. The topological polar surface area (TPSA) is 101 Å². The molecule has 304 valence electrons. The van der Waals surface area contributed by atoms with Crippen LogP contribution in [-0.4, -0.2) is 34.9 Å². The van der Waals surface area contributed by atoms with Crippen molar-refractivity contribution in [1.29, 1.82) is 0 Å². The fourth-order valence-electron chi connectivity index (χ4n) is 7.24. The average Bonchev–Trinajstić information content (AvgIpc) is 3.13. The first-order chi connectivity index (χ1) is 27.6. The largest absolute Gasteiger partial charge is 0.233 e. The number of pyridine rings is 2. The minimum absolute atomic E-state index is 0.0655. The van der Waals surface area contributed by atoms with Crippen molar-refractivity contribution in [2.45, 2.75) is 94.6 Å². The second-order valence-corrected chi connectivity index (χ2v) is 25.7. The van der Waals surface area contributed by atoms with Crippen LogP contribution in [0.15, 0.2) is 121 Å². The van der Waals surface area contributed by atoms with E-state index < -0.39 is 27.7 Å². The first kappa shape index (κ1) is 43.5. The molecular weight excluding hydrogens is 857 g/mol. The van der Waals surface area contributed by atoms with Gasteiger partial charge in [0.2, 0.25) is 19.7 Å². The van der Waals surface area contributed by atoms with Crippen LogP contribution in [0.5, 0.6) is 0 Å². The van der Waals surface area contributed by atoms with Gasteiger partial charge in [0.05, 0.1) is 21.2 Å². The molecule has 0 bridgehead atoms. The van der Waals surface area contributed by atoms with Crippen LogP contribution >= 0.6 is 15.9 Å². The molecule has 0 atom stereocenters. The Bertz CT molecular complexity index is 2850. The number of hydrogen-bond acceptors (Lipinski definition) is 8. The van der Waals surface area contributed by atoms with Gasteiger partial charge in [-0.3, -0.25) is 0 Å². The minimum Gasteiger partial charge on any atom is -0.233 e. The van der Waals surface area contributed by atoms with E-state index in [4.69, 9.17) is 9.97 Å². The van der Waals surface area contributed by atoms with Gasteiger partial charge in [0, 0.05) is 21.4 Å². The Morgan fingerprint density at radius 3 is 1.24 bits per heavy atom. The lowest BCUT2D eigenvalue weighted by Crippen LogP contribution is -2.40. The van der Waals surface area contributed by atoms with E-state index in [1.807, 2.05) is 65.8 Å². The maximum absolute atomic E-state index is 15.1. The zero-order valence-corrected chi connectivity index (χ0v) is 39.6. The Morgan fingerprint density at radius 2 is 0.881 bits per heavy atom. The van der Waals surface area contributed by atoms with E-state index in [0.717, 1.165) is 43.4 Å². The van der Waals surface area contributed by atoms with Gasteiger partial charge in [0.15, 0.2) is 11.6 Å². The van der Waals surface area contributed by atoms with Crippen molar-refractivity contribution >= 4 is 66.7 Å². The molecule has 6 rings (SSSR count). The van der Waals surface area contributed by atoms with Gasteiger partial charge < -0.3 is 0 Å². The lowest BCUT2D eigenvalue weighted by Gasteiger charge is -2.41. The second-order valence-electron chi connectivity index (χ2n) is 16.2. The molecule has 12 heteroatoms. The van der Waals surface area contributed by atoms with E-state index in [1.54, 1.807) is 96.7 Å². The number of rotatable bonds is 9. The maximum Gasteiger partial charge on any atom is 0.210 e. The molecule has 0 fully saturated rings. The molecule has 6 aromatic rings. The molecule has 0 spiro atoms. The second kappa shape index (κ2) is 16.5. The standard InChI is InChI=1S/C47H49BrN4O4S2Si/c1-30-26-32(3)44(33(4)27-30)51(46-42(22-12-36(7)49-46)57(53,54)40-18-14-38(15-19-40)24-25-59(9,10)11)52(45-34(5)28-31(2)29-35(45)6)47-43(23-13-37(8)50-47)58(55,56)41-20-16-39(48)17-21-41/h12-23,26-29H,1-11H3. The first-order valence-corrected chi connectivity index (χ1v) is 26.4. The van der Waals surface area contributed by atoms with Crippen LogP contribution in [0.4, 0.5) is 23.0 Å². The molecule has 0 aliphatic carbocycles. The molecule has 0 N–H and O–H groups in total. The summed E-state index contributed by atoms with van der Waals surface area (Å²) in [4.78, 5) is 10.1. The van der Waals surface area contributed by atoms with Crippen molar-refractivity contribution in [2.75, 3.05) is 10.0 Å². The predicted octanol–water partition coefficient (Wildman–Crippen LogP) is 11.5. The van der Waals surface area contributed by atoms with Gasteiger partial charge >= 0.3 is 0 Å². The smallest absolute Gasteiger partial charge is 0.210 e. The number of aromatic nitrogens is 2. The van der Waals surface area contributed by atoms with Crippen molar-refractivity contribution in [1.82, 2.24) is 9.97 Å². The summed E-state index contributed by atoms with van der Waals surface area (Å²) < 4.78 is 60.7. The van der Waals surface area contributed by atoms with Gasteiger partial charge in [-0.25, -0.2) is 36.8 Å². The van der Waals surface area contributed by atoms with E-state index in [-0.39, 0.29) is 31.2 Å². The highest BCUT2D eigenvalue weighted by Gasteiger charge is 2.37. The molecule has 59 heavy (non-hydrogen) atoms. The Balaban J connectivity index is 1.76. The molecule has 0 saturated heterocycles. The molecule has 0 saturated carbocycles.